The summed E-state index contributed by atoms with van der Waals surface area (Å²) in [5.41, 5.74) is 7.00. The number of fused-ring (bicyclic) bond motifs is 1. The maximum atomic E-state index is 12.0. The molecular formula is C14H17N5O2. The van der Waals surface area contributed by atoms with E-state index in [4.69, 9.17) is 0 Å². The van der Waals surface area contributed by atoms with Crippen molar-refractivity contribution in [2.75, 3.05) is 0 Å². The molecule has 1 saturated heterocycles. The lowest BCUT2D eigenvalue weighted by Crippen LogP contribution is -2.36. The molecule has 7 nitrogen and oxygen atoms in total. The molecule has 0 spiro atoms. The van der Waals surface area contributed by atoms with Crippen LogP contribution in [0, 0.1) is 0 Å². The molecule has 2 heterocycles. The van der Waals surface area contributed by atoms with Crippen molar-refractivity contribution in [1.29, 1.82) is 0 Å². The molecule has 110 valence electrons. The number of nitrogens with zero attached hydrogens (tertiary/aromatic N) is 3. The number of hydrazine groups is 1. The molecule has 1 aromatic heterocycles. The molecular weight excluding hydrogens is 270 g/mol. The molecule has 3 N–H and O–H groups in total. The summed E-state index contributed by atoms with van der Waals surface area (Å²) in [6, 6.07) is 7.29. The van der Waals surface area contributed by atoms with Crippen LogP contribution < -0.4 is 10.9 Å². The van der Waals surface area contributed by atoms with Gasteiger partial charge in [0.2, 0.25) is 5.88 Å². The Bertz CT molecular complexity index is 721. The molecule has 0 saturated carbocycles. The van der Waals surface area contributed by atoms with E-state index in [-0.39, 0.29) is 23.9 Å². The van der Waals surface area contributed by atoms with Crippen molar-refractivity contribution in [3.8, 4) is 5.88 Å². The number of aryl methyl sites for hydroxylation is 1. The zero-order valence-electron chi connectivity index (χ0n) is 11.9. The molecule has 7 heteroatoms. The first kappa shape index (κ1) is 13.7. The molecule has 2 aromatic rings. The van der Waals surface area contributed by atoms with Crippen LogP contribution in [0.4, 0.5) is 5.69 Å². The second kappa shape index (κ2) is 5.27. The SMILES string of the molecule is CC1CC(C(=O)N=Nc2c(O)n(C)c3ccccc23)NN1. The number of amides is 1. The van der Waals surface area contributed by atoms with E-state index in [0.29, 0.717) is 12.1 Å². The number of benzene rings is 1. The van der Waals surface area contributed by atoms with Crippen LogP contribution in [0.5, 0.6) is 5.88 Å². The van der Waals surface area contributed by atoms with E-state index >= 15 is 0 Å². The average Bonchev–Trinajstić information content (AvgIpc) is 3.02. The van der Waals surface area contributed by atoms with Gasteiger partial charge < -0.3 is 9.67 Å². The van der Waals surface area contributed by atoms with Crippen molar-refractivity contribution in [1.82, 2.24) is 15.4 Å². The first-order valence-corrected chi connectivity index (χ1v) is 6.81. The largest absolute Gasteiger partial charge is 0.493 e. The highest BCUT2D eigenvalue weighted by Crippen LogP contribution is 2.37. The zero-order chi connectivity index (χ0) is 15.0. The lowest BCUT2D eigenvalue weighted by molar-refractivity contribution is -0.120. The molecule has 1 aromatic carbocycles. The Morgan fingerprint density at radius 1 is 1.38 bits per heavy atom. The van der Waals surface area contributed by atoms with Crippen LogP contribution in [0.3, 0.4) is 0 Å². The number of aromatic nitrogens is 1. The molecule has 2 unspecified atom stereocenters. The molecule has 0 aliphatic carbocycles. The van der Waals surface area contributed by atoms with Crippen molar-refractivity contribution in [2.24, 2.45) is 17.3 Å². The Morgan fingerprint density at radius 3 is 2.86 bits per heavy atom. The maximum Gasteiger partial charge on any atom is 0.282 e. The summed E-state index contributed by atoms with van der Waals surface area (Å²) in [5, 5.41) is 18.6. The van der Waals surface area contributed by atoms with Crippen LogP contribution in [0.25, 0.3) is 10.9 Å². The normalized spacial score (nSPS) is 22.4. The van der Waals surface area contributed by atoms with Gasteiger partial charge in [0, 0.05) is 18.5 Å². The van der Waals surface area contributed by atoms with E-state index in [1.165, 1.54) is 0 Å². The van der Waals surface area contributed by atoms with Crippen molar-refractivity contribution < 1.29 is 9.90 Å². The van der Waals surface area contributed by atoms with Crippen LogP contribution >= 0.6 is 0 Å². The maximum absolute atomic E-state index is 12.0. The molecule has 1 aliphatic rings. The number of carbonyl (C=O) groups excluding carboxylic acids is 1. The number of aromatic hydroxyl groups is 1. The summed E-state index contributed by atoms with van der Waals surface area (Å²) in [7, 11) is 1.74. The van der Waals surface area contributed by atoms with Crippen LogP contribution in [-0.4, -0.2) is 27.7 Å². The molecule has 1 aliphatic heterocycles. The predicted octanol–water partition coefficient (Wildman–Crippen LogP) is 1.75. The minimum Gasteiger partial charge on any atom is -0.493 e. The molecule has 0 bridgehead atoms. The Hall–Kier alpha value is -2.25. The number of hydrogen-bond acceptors (Lipinski definition) is 5. The van der Waals surface area contributed by atoms with Gasteiger partial charge in [-0.15, -0.1) is 10.2 Å². The molecule has 1 fully saturated rings. The third-order valence-electron chi connectivity index (χ3n) is 3.69. The lowest BCUT2D eigenvalue weighted by atomic mass is 10.1. The highest BCUT2D eigenvalue weighted by molar-refractivity contribution is 5.95. The quantitative estimate of drug-likeness (QED) is 0.734. The van der Waals surface area contributed by atoms with E-state index in [0.717, 1.165) is 10.9 Å². The Kier molecular flexibility index (Phi) is 3.44. The van der Waals surface area contributed by atoms with E-state index < -0.39 is 0 Å². The van der Waals surface area contributed by atoms with E-state index in [9.17, 15) is 9.90 Å². The van der Waals surface area contributed by atoms with Gasteiger partial charge in [-0.2, -0.15) is 0 Å². The first-order valence-electron chi connectivity index (χ1n) is 6.81. The van der Waals surface area contributed by atoms with Crippen LogP contribution in [0.1, 0.15) is 13.3 Å². The first-order chi connectivity index (χ1) is 10.1. The number of para-hydroxylation sites is 1. The Labute approximate surface area is 121 Å². The van der Waals surface area contributed by atoms with Crippen LogP contribution in [0.2, 0.25) is 0 Å². The van der Waals surface area contributed by atoms with Gasteiger partial charge in [-0.3, -0.25) is 10.2 Å². The summed E-state index contributed by atoms with van der Waals surface area (Å²) in [6.45, 7) is 1.98. The molecule has 0 radical (unpaired) electrons. The third-order valence-corrected chi connectivity index (χ3v) is 3.69. The second-order valence-corrected chi connectivity index (χ2v) is 5.26. The minimum atomic E-state index is -0.374. The molecule has 2 atom stereocenters. The molecule has 21 heavy (non-hydrogen) atoms. The number of hydrogen-bond donors (Lipinski definition) is 3. The summed E-state index contributed by atoms with van der Waals surface area (Å²) < 4.78 is 1.62. The van der Waals surface area contributed by atoms with Gasteiger partial charge in [-0.05, 0) is 19.4 Å². The summed E-state index contributed by atoms with van der Waals surface area (Å²) in [6.07, 6.45) is 0.666. The van der Waals surface area contributed by atoms with Crippen molar-refractivity contribution in [3.05, 3.63) is 24.3 Å². The Morgan fingerprint density at radius 2 is 2.14 bits per heavy atom. The number of nitrogens with one attached hydrogen (secondary N) is 2. The van der Waals surface area contributed by atoms with Gasteiger partial charge in [-0.1, -0.05) is 18.2 Å². The van der Waals surface area contributed by atoms with Crippen LogP contribution in [0.15, 0.2) is 34.5 Å². The second-order valence-electron chi connectivity index (χ2n) is 5.26. The zero-order valence-corrected chi connectivity index (χ0v) is 11.9. The van der Waals surface area contributed by atoms with Gasteiger partial charge in [-0.25, -0.2) is 5.43 Å². The molecule has 1 amide bonds. The van der Waals surface area contributed by atoms with E-state index in [1.807, 2.05) is 31.2 Å². The predicted molar refractivity (Wildman–Crippen MR) is 78.2 cm³/mol. The highest BCUT2D eigenvalue weighted by Gasteiger charge is 2.26. The van der Waals surface area contributed by atoms with Crippen molar-refractivity contribution in [3.63, 3.8) is 0 Å². The standard InChI is InChI=1S/C14H17N5O2/c1-8-7-10(16-15-8)13(20)18-17-12-9-5-3-4-6-11(9)19(2)14(12)21/h3-6,8,10,15-16,21H,7H2,1-2H3. The topological polar surface area (TPSA) is 91.0 Å². The monoisotopic (exact) mass is 287 g/mol. The fraction of sp³-hybridized carbons (Fsp3) is 0.357. The average molecular weight is 287 g/mol. The summed E-state index contributed by atoms with van der Waals surface area (Å²) in [5.74, 6) is -0.349. The smallest absolute Gasteiger partial charge is 0.282 e. The number of carbonyl (C=O) groups is 1. The van der Waals surface area contributed by atoms with Crippen molar-refractivity contribution >= 4 is 22.5 Å². The van der Waals surface area contributed by atoms with Crippen LogP contribution in [-0.2, 0) is 11.8 Å². The number of rotatable bonds is 2. The van der Waals surface area contributed by atoms with Gasteiger partial charge in [0.25, 0.3) is 5.91 Å². The third kappa shape index (κ3) is 2.41. The fourth-order valence-electron chi connectivity index (χ4n) is 2.50. The minimum absolute atomic E-state index is 0.00127. The summed E-state index contributed by atoms with van der Waals surface area (Å²) >= 11 is 0. The lowest BCUT2D eigenvalue weighted by Gasteiger charge is -2.01. The fourth-order valence-corrected chi connectivity index (χ4v) is 2.50. The summed E-state index contributed by atoms with van der Waals surface area (Å²) in [4.78, 5) is 12.0. The number of azo groups is 1. The van der Waals surface area contributed by atoms with Gasteiger partial charge in [0.05, 0.1) is 5.52 Å². The molecule has 3 rings (SSSR count). The van der Waals surface area contributed by atoms with Gasteiger partial charge in [0.1, 0.15) is 6.04 Å². The highest BCUT2D eigenvalue weighted by atomic mass is 16.3. The van der Waals surface area contributed by atoms with Crippen molar-refractivity contribution in [2.45, 2.75) is 25.4 Å². The van der Waals surface area contributed by atoms with Gasteiger partial charge >= 0.3 is 0 Å². The van der Waals surface area contributed by atoms with E-state index in [2.05, 4.69) is 21.1 Å². The van der Waals surface area contributed by atoms with E-state index in [1.54, 1.807) is 11.6 Å². The van der Waals surface area contributed by atoms with Gasteiger partial charge in [0.15, 0.2) is 5.69 Å². The Balaban J connectivity index is 1.89.